The molecule has 0 aliphatic rings. The topological polar surface area (TPSA) is 12.0 Å². The second-order valence-electron chi connectivity index (χ2n) is 4.14. The van der Waals surface area contributed by atoms with Crippen molar-refractivity contribution in [3.05, 3.63) is 64.4 Å². The van der Waals surface area contributed by atoms with E-state index in [9.17, 15) is 13.2 Å². The molecular formula is C14H11ClF3N. The standard InChI is InChI=1S/C14H11ClF3N/c1-8(10-4-2-3-5-11(10)15)19-9-6-12(16)14(18)13(17)7-9/h2-8,19H,1H3. The van der Waals surface area contributed by atoms with E-state index in [2.05, 4.69) is 5.32 Å². The number of hydrogen-bond donors (Lipinski definition) is 1. The van der Waals surface area contributed by atoms with Gasteiger partial charge in [-0.1, -0.05) is 29.8 Å². The summed E-state index contributed by atoms with van der Waals surface area (Å²) in [6, 6.07) is 8.67. The van der Waals surface area contributed by atoms with Gasteiger partial charge in [0.25, 0.3) is 0 Å². The Balaban J connectivity index is 2.24. The van der Waals surface area contributed by atoms with Crippen molar-refractivity contribution in [2.24, 2.45) is 0 Å². The Bertz CT molecular complexity index is 578. The molecular weight excluding hydrogens is 275 g/mol. The molecule has 19 heavy (non-hydrogen) atoms. The van der Waals surface area contributed by atoms with Crippen molar-refractivity contribution in [3.63, 3.8) is 0 Å². The summed E-state index contributed by atoms with van der Waals surface area (Å²) in [6.07, 6.45) is 0. The number of benzene rings is 2. The Labute approximate surface area is 114 Å². The molecule has 0 amide bonds. The van der Waals surface area contributed by atoms with Crippen LogP contribution in [-0.4, -0.2) is 0 Å². The molecule has 0 aliphatic carbocycles. The van der Waals surface area contributed by atoms with E-state index in [4.69, 9.17) is 11.6 Å². The first kappa shape index (κ1) is 13.7. The molecule has 0 aliphatic heterocycles. The third kappa shape index (κ3) is 3.01. The molecule has 0 heterocycles. The second-order valence-corrected chi connectivity index (χ2v) is 4.55. The summed E-state index contributed by atoms with van der Waals surface area (Å²) in [5, 5.41) is 3.42. The fraction of sp³-hybridized carbons (Fsp3) is 0.143. The van der Waals surface area contributed by atoms with Crippen molar-refractivity contribution in [2.45, 2.75) is 13.0 Å². The minimum Gasteiger partial charge on any atom is -0.378 e. The van der Waals surface area contributed by atoms with Crippen LogP contribution in [0.5, 0.6) is 0 Å². The molecule has 1 N–H and O–H groups in total. The van der Waals surface area contributed by atoms with E-state index in [0.29, 0.717) is 5.02 Å². The highest BCUT2D eigenvalue weighted by atomic mass is 35.5. The summed E-state index contributed by atoms with van der Waals surface area (Å²) in [6.45, 7) is 1.79. The van der Waals surface area contributed by atoms with Gasteiger partial charge in [-0.2, -0.15) is 0 Å². The van der Waals surface area contributed by atoms with Crippen LogP contribution in [0.1, 0.15) is 18.5 Å². The quantitative estimate of drug-likeness (QED) is 0.789. The predicted molar refractivity (Wildman–Crippen MR) is 69.8 cm³/mol. The van der Waals surface area contributed by atoms with Gasteiger partial charge in [-0.25, -0.2) is 13.2 Å². The maximum absolute atomic E-state index is 13.1. The van der Waals surface area contributed by atoms with Crippen molar-refractivity contribution < 1.29 is 13.2 Å². The Morgan fingerprint density at radius 3 is 2.21 bits per heavy atom. The van der Waals surface area contributed by atoms with E-state index >= 15 is 0 Å². The average Bonchev–Trinajstić information content (AvgIpc) is 2.36. The zero-order valence-electron chi connectivity index (χ0n) is 10.1. The minimum atomic E-state index is -1.48. The van der Waals surface area contributed by atoms with Crippen LogP contribution in [0.3, 0.4) is 0 Å². The molecule has 0 spiro atoms. The highest BCUT2D eigenvalue weighted by molar-refractivity contribution is 6.31. The largest absolute Gasteiger partial charge is 0.378 e. The molecule has 2 aromatic carbocycles. The Kier molecular flexibility index (Phi) is 4.00. The summed E-state index contributed by atoms with van der Waals surface area (Å²) >= 11 is 6.02. The van der Waals surface area contributed by atoms with Crippen molar-refractivity contribution in [2.75, 3.05) is 5.32 Å². The van der Waals surface area contributed by atoms with Gasteiger partial charge < -0.3 is 5.32 Å². The molecule has 0 radical (unpaired) electrons. The first-order valence-electron chi connectivity index (χ1n) is 5.64. The van der Waals surface area contributed by atoms with Gasteiger partial charge in [0.1, 0.15) is 0 Å². The van der Waals surface area contributed by atoms with E-state index in [0.717, 1.165) is 17.7 Å². The van der Waals surface area contributed by atoms with Crippen molar-refractivity contribution in [1.82, 2.24) is 0 Å². The number of anilines is 1. The smallest absolute Gasteiger partial charge is 0.194 e. The van der Waals surface area contributed by atoms with Gasteiger partial charge in [0.2, 0.25) is 0 Å². The van der Waals surface area contributed by atoms with Crippen LogP contribution in [0.15, 0.2) is 36.4 Å². The van der Waals surface area contributed by atoms with Crippen LogP contribution in [0, 0.1) is 17.5 Å². The molecule has 5 heteroatoms. The maximum Gasteiger partial charge on any atom is 0.194 e. The molecule has 2 rings (SSSR count). The van der Waals surface area contributed by atoms with E-state index in [1.54, 1.807) is 25.1 Å². The average molecular weight is 286 g/mol. The van der Waals surface area contributed by atoms with E-state index in [1.807, 2.05) is 6.07 Å². The Hall–Kier alpha value is -1.68. The Morgan fingerprint density at radius 2 is 1.63 bits per heavy atom. The molecule has 100 valence electrons. The zero-order valence-corrected chi connectivity index (χ0v) is 10.8. The molecule has 0 saturated heterocycles. The van der Waals surface area contributed by atoms with Gasteiger partial charge in [0, 0.05) is 28.9 Å². The van der Waals surface area contributed by atoms with E-state index < -0.39 is 17.5 Å². The monoisotopic (exact) mass is 285 g/mol. The van der Waals surface area contributed by atoms with Gasteiger partial charge >= 0.3 is 0 Å². The molecule has 0 bridgehead atoms. The molecule has 1 atom stereocenters. The summed E-state index contributed by atoms with van der Waals surface area (Å²) < 4.78 is 39.0. The molecule has 1 nitrogen and oxygen atoms in total. The van der Waals surface area contributed by atoms with Crippen LogP contribution in [0.2, 0.25) is 5.02 Å². The summed E-state index contributed by atoms with van der Waals surface area (Å²) in [4.78, 5) is 0. The van der Waals surface area contributed by atoms with E-state index in [1.165, 1.54) is 0 Å². The van der Waals surface area contributed by atoms with Crippen LogP contribution in [-0.2, 0) is 0 Å². The third-order valence-corrected chi connectivity index (χ3v) is 3.08. The zero-order chi connectivity index (χ0) is 14.0. The molecule has 0 fully saturated rings. The number of hydrogen-bond acceptors (Lipinski definition) is 1. The summed E-state index contributed by atoms with van der Waals surface area (Å²) in [5.74, 6) is -3.93. The maximum atomic E-state index is 13.1. The Morgan fingerprint density at radius 1 is 1.05 bits per heavy atom. The fourth-order valence-corrected chi connectivity index (χ4v) is 2.09. The normalized spacial score (nSPS) is 12.3. The lowest BCUT2D eigenvalue weighted by molar-refractivity contribution is 0.447. The highest BCUT2D eigenvalue weighted by Crippen LogP contribution is 2.26. The number of halogens is 4. The molecule has 0 aromatic heterocycles. The van der Waals surface area contributed by atoms with Crippen LogP contribution in [0.4, 0.5) is 18.9 Å². The van der Waals surface area contributed by atoms with Crippen LogP contribution >= 0.6 is 11.6 Å². The van der Waals surface area contributed by atoms with Gasteiger partial charge in [0.15, 0.2) is 17.5 Å². The number of rotatable bonds is 3. The van der Waals surface area contributed by atoms with Gasteiger partial charge in [-0.15, -0.1) is 0 Å². The SMILES string of the molecule is CC(Nc1cc(F)c(F)c(F)c1)c1ccccc1Cl. The lowest BCUT2D eigenvalue weighted by Gasteiger charge is -2.17. The van der Waals surface area contributed by atoms with E-state index in [-0.39, 0.29) is 11.7 Å². The summed E-state index contributed by atoms with van der Waals surface area (Å²) in [5.41, 5.74) is 0.943. The first-order valence-corrected chi connectivity index (χ1v) is 6.02. The van der Waals surface area contributed by atoms with Crippen molar-refractivity contribution in [3.8, 4) is 0 Å². The predicted octanol–water partition coefficient (Wildman–Crippen LogP) is 4.93. The van der Waals surface area contributed by atoms with Gasteiger partial charge in [-0.05, 0) is 18.6 Å². The number of nitrogens with one attached hydrogen (secondary N) is 1. The van der Waals surface area contributed by atoms with Crippen molar-refractivity contribution >= 4 is 17.3 Å². The van der Waals surface area contributed by atoms with Gasteiger partial charge in [0.05, 0.1) is 0 Å². The van der Waals surface area contributed by atoms with Crippen LogP contribution < -0.4 is 5.32 Å². The highest BCUT2D eigenvalue weighted by Gasteiger charge is 2.13. The second kappa shape index (κ2) is 5.53. The summed E-state index contributed by atoms with van der Waals surface area (Å²) in [7, 11) is 0. The van der Waals surface area contributed by atoms with Gasteiger partial charge in [-0.3, -0.25) is 0 Å². The first-order chi connectivity index (χ1) is 8.99. The van der Waals surface area contributed by atoms with Crippen LogP contribution in [0.25, 0.3) is 0 Å². The van der Waals surface area contributed by atoms with Crippen molar-refractivity contribution in [1.29, 1.82) is 0 Å². The molecule has 2 aromatic rings. The lowest BCUT2D eigenvalue weighted by atomic mass is 10.1. The minimum absolute atomic E-state index is 0.156. The molecule has 0 saturated carbocycles. The lowest BCUT2D eigenvalue weighted by Crippen LogP contribution is -2.08. The third-order valence-electron chi connectivity index (χ3n) is 2.74. The molecule has 1 unspecified atom stereocenters. The fourth-order valence-electron chi connectivity index (χ4n) is 1.79.